The average Bonchev–Trinajstić information content (AvgIpc) is 2.80. The van der Waals surface area contributed by atoms with Gasteiger partial charge in [0.05, 0.1) is 5.75 Å². The van der Waals surface area contributed by atoms with Gasteiger partial charge in [-0.2, -0.15) is 0 Å². The van der Waals surface area contributed by atoms with Gasteiger partial charge in [-0.3, -0.25) is 9.59 Å². The zero-order valence-electron chi connectivity index (χ0n) is 16.7. The molecule has 0 N–H and O–H groups in total. The Morgan fingerprint density at radius 1 is 0.844 bits per heavy atom. The highest BCUT2D eigenvalue weighted by atomic mass is 35.5. The molecular formula is C26H16Cl2O3S. The van der Waals surface area contributed by atoms with Crippen LogP contribution in [0.25, 0.3) is 21.9 Å². The van der Waals surface area contributed by atoms with Gasteiger partial charge in [0.1, 0.15) is 6.61 Å². The lowest BCUT2D eigenvalue weighted by Gasteiger charge is -2.21. The summed E-state index contributed by atoms with van der Waals surface area (Å²) in [5, 5.41) is 2.89. The first-order chi connectivity index (χ1) is 15.5. The molecule has 6 heteroatoms. The Hall–Kier alpha value is -2.79. The third-order valence-corrected chi connectivity index (χ3v) is 7.09. The van der Waals surface area contributed by atoms with Crippen molar-refractivity contribution in [3.63, 3.8) is 0 Å². The van der Waals surface area contributed by atoms with Crippen LogP contribution in [0.5, 0.6) is 0 Å². The molecule has 1 aliphatic rings. The molecule has 0 atom stereocenters. The molecule has 5 rings (SSSR count). The predicted octanol–water partition coefficient (Wildman–Crippen LogP) is 7.19. The lowest BCUT2D eigenvalue weighted by atomic mass is 9.83. The highest BCUT2D eigenvalue weighted by Gasteiger charge is 2.25. The molecule has 0 spiro atoms. The van der Waals surface area contributed by atoms with Crippen LogP contribution in [0.3, 0.4) is 0 Å². The summed E-state index contributed by atoms with van der Waals surface area (Å²) in [5.41, 5.74) is 4.09. The van der Waals surface area contributed by atoms with Gasteiger partial charge in [0.2, 0.25) is 0 Å². The Kier molecular flexibility index (Phi) is 5.68. The van der Waals surface area contributed by atoms with Gasteiger partial charge >= 0.3 is 5.97 Å². The largest absolute Gasteiger partial charge is 0.460 e. The van der Waals surface area contributed by atoms with Crippen LogP contribution in [0, 0.1) is 0 Å². The van der Waals surface area contributed by atoms with E-state index in [0.717, 1.165) is 32.4 Å². The minimum Gasteiger partial charge on any atom is -0.460 e. The molecule has 0 amide bonds. The molecule has 32 heavy (non-hydrogen) atoms. The average molecular weight is 479 g/mol. The van der Waals surface area contributed by atoms with Crippen LogP contribution in [-0.4, -0.2) is 17.5 Å². The van der Waals surface area contributed by atoms with E-state index in [9.17, 15) is 9.59 Å². The van der Waals surface area contributed by atoms with E-state index in [1.807, 2.05) is 54.6 Å². The molecule has 4 aromatic rings. The van der Waals surface area contributed by atoms with Crippen LogP contribution in [0.15, 0.2) is 77.7 Å². The van der Waals surface area contributed by atoms with Crippen molar-refractivity contribution in [3.8, 4) is 11.1 Å². The molecule has 3 nitrogen and oxygen atoms in total. The minimum atomic E-state index is -0.345. The Labute approximate surface area is 199 Å². The first-order valence-corrected chi connectivity index (χ1v) is 11.7. The summed E-state index contributed by atoms with van der Waals surface area (Å²) in [6.45, 7) is 0.0878. The molecule has 0 aromatic heterocycles. The molecule has 0 saturated carbocycles. The maximum absolute atomic E-state index is 13.0. The van der Waals surface area contributed by atoms with Crippen molar-refractivity contribution < 1.29 is 14.3 Å². The summed E-state index contributed by atoms with van der Waals surface area (Å²) in [4.78, 5) is 26.3. The third-order valence-electron chi connectivity index (χ3n) is 5.46. The van der Waals surface area contributed by atoms with E-state index in [1.165, 1.54) is 11.8 Å². The fourth-order valence-electron chi connectivity index (χ4n) is 3.96. The number of hydrogen-bond acceptors (Lipinski definition) is 4. The van der Waals surface area contributed by atoms with Gasteiger partial charge in [-0.1, -0.05) is 77.8 Å². The van der Waals surface area contributed by atoms with Gasteiger partial charge < -0.3 is 4.74 Å². The number of carbonyl (C=O) groups excluding carboxylic acids is 2. The summed E-state index contributed by atoms with van der Waals surface area (Å²) in [6.07, 6.45) is 0. The molecule has 0 unspecified atom stereocenters. The smallest absolute Gasteiger partial charge is 0.316 e. The maximum atomic E-state index is 13.0. The summed E-state index contributed by atoms with van der Waals surface area (Å²) >= 11 is 13.4. The molecule has 4 aromatic carbocycles. The summed E-state index contributed by atoms with van der Waals surface area (Å²) in [6, 6.07) is 22.5. The molecule has 0 aliphatic heterocycles. The number of carbonyl (C=O) groups is 2. The van der Waals surface area contributed by atoms with E-state index in [-0.39, 0.29) is 24.1 Å². The second-order valence-electron chi connectivity index (χ2n) is 7.40. The van der Waals surface area contributed by atoms with Crippen molar-refractivity contribution in [2.24, 2.45) is 0 Å². The second-order valence-corrected chi connectivity index (χ2v) is 9.26. The van der Waals surface area contributed by atoms with Gasteiger partial charge in [-0.25, -0.2) is 0 Å². The van der Waals surface area contributed by atoms with E-state index in [2.05, 4.69) is 0 Å². The summed E-state index contributed by atoms with van der Waals surface area (Å²) < 4.78 is 5.38. The first-order valence-electron chi connectivity index (χ1n) is 9.95. The summed E-state index contributed by atoms with van der Waals surface area (Å²) in [5.74, 6) is -0.169. The van der Waals surface area contributed by atoms with Crippen LogP contribution < -0.4 is 0 Å². The second kappa shape index (κ2) is 8.62. The lowest BCUT2D eigenvalue weighted by Crippen LogP contribution is -2.10. The van der Waals surface area contributed by atoms with E-state index in [0.29, 0.717) is 21.2 Å². The molecule has 0 fully saturated rings. The highest BCUT2D eigenvalue weighted by Crippen LogP contribution is 2.42. The van der Waals surface area contributed by atoms with Crippen molar-refractivity contribution in [2.45, 2.75) is 11.5 Å². The zero-order valence-corrected chi connectivity index (χ0v) is 19.1. The number of esters is 1. The number of halogens is 2. The topological polar surface area (TPSA) is 43.4 Å². The number of rotatable bonds is 5. The minimum absolute atomic E-state index is 0.0279. The maximum Gasteiger partial charge on any atom is 0.316 e. The quantitative estimate of drug-likeness (QED) is 0.198. The van der Waals surface area contributed by atoms with Crippen LogP contribution >= 0.6 is 35.0 Å². The van der Waals surface area contributed by atoms with Crippen molar-refractivity contribution in [2.75, 3.05) is 5.75 Å². The zero-order chi connectivity index (χ0) is 22.2. The fraction of sp³-hybridized carbons (Fsp3) is 0.0769. The van der Waals surface area contributed by atoms with Crippen molar-refractivity contribution in [1.29, 1.82) is 0 Å². The Balaban J connectivity index is 1.38. The van der Waals surface area contributed by atoms with E-state index < -0.39 is 0 Å². The standard InChI is InChI=1S/C26H16Cl2O3S/c27-16-9-8-15(22(28)12-16)13-31-24(29)14-32-23-11-10-18-17-4-1-2-5-19(17)26(30)21-7-3-6-20(23)25(18)21/h1-12H,13-14H2. The SMILES string of the molecule is O=C(CSc1ccc2c3c(cccc13)C(=O)c1ccccc1-2)OCc1ccc(Cl)cc1Cl. The van der Waals surface area contributed by atoms with Gasteiger partial charge in [-0.15, -0.1) is 11.8 Å². The summed E-state index contributed by atoms with van der Waals surface area (Å²) in [7, 11) is 0. The number of hydrogen-bond donors (Lipinski definition) is 0. The van der Waals surface area contributed by atoms with E-state index in [1.54, 1.807) is 18.2 Å². The molecule has 1 aliphatic carbocycles. The lowest BCUT2D eigenvalue weighted by molar-refractivity contribution is -0.141. The fourth-order valence-corrected chi connectivity index (χ4v) is 5.27. The highest BCUT2D eigenvalue weighted by molar-refractivity contribution is 8.00. The number of ketones is 1. The van der Waals surface area contributed by atoms with Gasteiger partial charge in [0.15, 0.2) is 5.78 Å². The number of thioether (sulfide) groups is 1. The Morgan fingerprint density at radius 3 is 2.44 bits per heavy atom. The molecule has 0 saturated heterocycles. The molecule has 158 valence electrons. The molecule has 0 heterocycles. The van der Waals surface area contributed by atoms with Crippen molar-refractivity contribution >= 4 is 57.5 Å². The third kappa shape index (κ3) is 3.79. The van der Waals surface area contributed by atoms with E-state index >= 15 is 0 Å². The predicted molar refractivity (Wildman–Crippen MR) is 130 cm³/mol. The number of ether oxygens (including phenoxy) is 1. The normalized spacial score (nSPS) is 12.0. The van der Waals surface area contributed by atoms with E-state index in [4.69, 9.17) is 27.9 Å². The molecule has 0 bridgehead atoms. The van der Waals surface area contributed by atoms with Crippen molar-refractivity contribution in [3.05, 3.63) is 99.5 Å². The molecule has 0 radical (unpaired) electrons. The Bertz CT molecular complexity index is 1400. The van der Waals surface area contributed by atoms with Crippen LogP contribution in [0.1, 0.15) is 21.5 Å². The van der Waals surface area contributed by atoms with Crippen molar-refractivity contribution in [1.82, 2.24) is 0 Å². The van der Waals surface area contributed by atoms with Crippen LogP contribution in [0.4, 0.5) is 0 Å². The molecular weight excluding hydrogens is 463 g/mol. The monoisotopic (exact) mass is 478 g/mol. The van der Waals surface area contributed by atoms with Crippen LogP contribution in [0.2, 0.25) is 10.0 Å². The number of benzene rings is 4. The van der Waals surface area contributed by atoms with Gasteiger partial charge in [0, 0.05) is 37.0 Å². The van der Waals surface area contributed by atoms with Crippen LogP contribution in [-0.2, 0) is 16.1 Å². The first kappa shape index (κ1) is 21.1. The van der Waals surface area contributed by atoms with Gasteiger partial charge in [0.25, 0.3) is 0 Å². The van der Waals surface area contributed by atoms with Gasteiger partial charge in [-0.05, 0) is 34.7 Å². The Morgan fingerprint density at radius 2 is 1.62 bits per heavy atom. The number of fused-ring (bicyclic) bond motifs is 2.